The first kappa shape index (κ1) is 22.6. The predicted octanol–water partition coefficient (Wildman–Crippen LogP) is 4.11. The van der Waals surface area contributed by atoms with Gasteiger partial charge in [0.15, 0.2) is 0 Å². The summed E-state index contributed by atoms with van der Waals surface area (Å²) in [6, 6.07) is 8.75. The lowest BCUT2D eigenvalue weighted by Crippen LogP contribution is -2.64. The molecule has 5 rings (SSSR count). The van der Waals surface area contributed by atoms with Crippen molar-refractivity contribution in [3.05, 3.63) is 35.9 Å². The Labute approximate surface area is 194 Å². The van der Waals surface area contributed by atoms with Crippen LogP contribution in [0.25, 0.3) is 0 Å². The molecule has 1 aromatic rings. The number of aliphatic hydroxyl groups is 1. The Morgan fingerprint density at radius 3 is 2.52 bits per heavy atom. The summed E-state index contributed by atoms with van der Waals surface area (Å²) in [5.74, 6) is -1.33. The number of Topliss-reactive ketones (excluding diaryl/α,β-unsaturated/α-hetero) is 1. The van der Waals surface area contributed by atoms with E-state index in [1.165, 1.54) is 0 Å². The van der Waals surface area contributed by atoms with Gasteiger partial charge in [-0.05, 0) is 73.8 Å². The van der Waals surface area contributed by atoms with E-state index in [-0.39, 0.29) is 28.6 Å². The number of carbonyl (C=O) groups is 3. The fourth-order valence-corrected chi connectivity index (χ4v) is 8.42. The minimum Gasteiger partial charge on any atom is -0.481 e. The molecule has 2 bridgehead atoms. The van der Waals surface area contributed by atoms with E-state index in [1.807, 2.05) is 6.07 Å². The molecule has 2 N–H and O–H groups in total. The molecule has 0 aliphatic heterocycles. The number of aliphatic carboxylic acids is 1. The maximum Gasteiger partial charge on any atom is 0.338 e. The number of carboxylic acids is 1. The maximum atomic E-state index is 13.1. The highest BCUT2D eigenvalue weighted by Gasteiger charge is 2.70. The Morgan fingerprint density at radius 1 is 1.12 bits per heavy atom. The van der Waals surface area contributed by atoms with Crippen molar-refractivity contribution in [3.63, 3.8) is 0 Å². The van der Waals surface area contributed by atoms with Crippen LogP contribution < -0.4 is 0 Å². The zero-order valence-corrected chi connectivity index (χ0v) is 19.5. The van der Waals surface area contributed by atoms with Crippen molar-refractivity contribution in [2.45, 2.75) is 64.9 Å². The molecule has 8 unspecified atom stereocenters. The summed E-state index contributed by atoms with van der Waals surface area (Å²) >= 11 is 0. The number of rotatable bonds is 4. The molecule has 0 amide bonds. The maximum absolute atomic E-state index is 13.1. The van der Waals surface area contributed by atoms with Crippen LogP contribution in [0, 0.1) is 39.9 Å². The minimum atomic E-state index is -1.33. The number of ketones is 1. The summed E-state index contributed by atoms with van der Waals surface area (Å²) in [7, 11) is 0. The molecule has 1 aromatic carbocycles. The van der Waals surface area contributed by atoms with Crippen molar-refractivity contribution in [1.82, 2.24) is 0 Å². The second-order valence-electron chi connectivity index (χ2n) is 11.5. The van der Waals surface area contributed by atoms with Crippen molar-refractivity contribution < 1.29 is 29.3 Å². The van der Waals surface area contributed by atoms with E-state index in [9.17, 15) is 24.6 Å². The first-order chi connectivity index (χ1) is 15.7. The topological polar surface area (TPSA) is 101 Å². The molecular weight excluding hydrogens is 420 g/mol. The van der Waals surface area contributed by atoms with Crippen LogP contribution in [0.3, 0.4) is 0 Å². The third-order valence-electron chi connectivity index (χ3n) is 10.0. The largest absolute Gasteiger partial charge is 0.481 e. The molecule has 4 aliphatic rings. The van der Waals surface area contributed by atoms with Gasteiger partial charge in [-0.25, -0.2) is 4.79 Å². The molecular formula is C27H34O6. The highest BCUT2D eigenvalue weighted by Crippen LogP contribution is 2.71. The highest BCUT2D eigenvalue weighted by atomic mass is 16.5. The zero-order chi connectivity index (χ0) is 23.6. The first-order valence-electron chi connectivity index (χ1n) is 12.3. The van der Waals surface area contributed by atoms with E-state index in [4.69, 9.17) is 4.74 Å². The summed E-state index contributed by atoms with van der Waals surface area (Å²) in [6.07, 6.45) is 3.95. The number of ether oxygens (including phenoxy) is 1. The van der Waals surface area contributed by atoms with E-state index in [0.29, 0.717) is 37.0 Å². The minimum absolute atomic E-state index is 0.00301. The van der Waals surface area contributed by atoms with Crippen LogP contribution >= 0.6 is 0 Å². The summed E-state index contributed by atoms with van der Waals surface area (Å²) in [4.78, 5) is 38.8. The standard InChI is InChI=1S/C27H34O6/c1-16-8-9-27(15-28,24(31)32)22-19(33-23(30)17-6-4-3-5-7-17)12-18-13-20(29)25(2)10-11-26(18,14-25)21(16)22/h3-7,16,18-19,21-22,28H,8-15H2,1-2H3,(H,31,32). The molecule has 4 saturated carbocycles. The van der Waals surface area contributed by atoms with Crippen LogP contribution in [0.2, 0.25) is 0 Å². The fraction of sp³-hybridized carbons (Fsp3) is 0.667. The van der Waals surface area contributed by atoms with Gasteiger partial charge >= 0.3 is 11.9 Å². The van der Waals surface area contributed by atoms with E-state index in [0.717, 1.165) is 19.3 Å². The van der Waals surface area contributed by atoms with Gasteiger partial charge in [0.05, 0.1) is 17.6 Å². The van der Waals surface area contributed by atoms with Crippen LogP contribution in [0.4, 0.5) is 0 Å². The Kier molecular flexibility index (Phi) is 5.24. The van der Waals surface area contributed by atoms with Crippen LogP contribution in [0.15, 0.2) is 30.3 Å². The van der Waals surface area contributed by atoms with Gasteiger partial charge < -0.3 is 14.9 Å². The van der Waals surface area contributed by atoms with Gasteiger partial charge in [-0.1, -0.05) is 32.0 Å². The number of benzene rings is 1. The van der Waals surface area contributed by atoms with E-state index < -0.39 is 36.0 Å². The Morgan fingerprint density at radius 2 is 1.85 bits per heavy atom. The van der Waals surface area contributed by atoms with Gasteiger partial charge in [-0.15, -0.1) is 0 Å². The van der Waals surface area contributed by atoms with Gasteiger partial charge in [0.1, 0.15) is 11.9 Å². The predicted molar refractivity (Wildman–Crippen MR) is 120 cm³/mol. The molecule has 1 spiro atoms. The Balaban J connectivity index is 1.60. The van der Waals surface area contributed by atoms with Crippen molar-refractivity contribution in [2.24, 2.45) is 39.9 Å². The normalized spacial score (nSPS) is 44.0. The highest BCUT2D eigenvalue weighted by molar-refractivity contribution is 5.89. The molecule has 4 fully saturated rings. The van der Waals surface area contributed by atoms with Crippen LogP contribution in [0.5, 0.6) is 0 Å². The number of esters is 1. The van der Waals surface area contributed by atoms with Crippen LogP contribution in [0.1, 0.15) is 69.2 Å². The summed E-state index contributed by atoms with van der Waals surface area (Å²) in [5, 5.41) is 20.9. The monoisotopic (exact) mass is 454 g/mol. The fourth-order valence-electron chi connectivity index (χ4n) is 8.42. The molecule has 8 atom stereocenters. The average Bonchev–Trinajstić information content (AvgIpc) is 3.12. The van der Waals surface area contributed by atoms with E-state index in [2.05, 4.69) is 13.8 Å². The van der Waals surface area contributed by atoms with Crippen molar-refractivity contribution in [2.75, 3.05) is 6.61 Å². The molecule has 178 valence electrons. The number of hydrogen-bond donors (Lipinski definition) is 2. The second kappa shape index (κ2) is 7.66. The number of aliphatic hydroxyl groups excluding tert-OH is 1. The molecule has 0 radical (unpaired) electrons. The third kappa shape index (κ3) is 3.13. The van der Waals surface area contributed by atoms with E-state index >= 15 is 0 Å². The van der Waals surface area contributed by atoms with Gasteiger partial charge in [0.25, 0.3) is 0 Å². The van der Waals surface area contributed by atoms with Crippen LogP contribution in [-0.4, -0.2) is 40.6 Å². The van der Waals surface area contributed by atoms with Crippen molar-refractivity contribution >= 4 is 17.7 Å². The lowest BCUT2D eigenvalue weighted by Gasteiger charge is -2.63. The molecule has 0 saturated heterocycles. The lowest BCUT2D eigenvalue weighted by molar-refractivity contribution is -0.209. The number of hydrogen-bond acceptors (Lipinski definition) is 5. The summed E-state index contributed by atoms with van der Waals surface area (Å²) in [6.45, 7) is 3.79. The van der Waals surface area contributed by atoms with Gasteiger partial charge in [-0.2, -0.15) is 0 Å². The van der Waals surface area contributed by atoms with Crippen molar-refractivity contribution in [3.8, 4) is 0 Å². The third-order valence-corrected chi connectivity index (χ3v) is 10.0. The number of carboxylic acid groups (broad SMARTS) is 1. The Hall–Kier alpha value is -2.21. The SMILES string of the molecule is CC1CCC(CO)(C(=O)O)C2C(OC(=O)c3ccccc3)CC3CC(=O)C4(C)CCC3(C4)C12. The smallest absolute Gasteiger partial charge is 0.338 e. The molecule has 6 heteroatoms. The lowest BCUT2D eigenvalue weighted by atomic mass is 9.41. The first-order valence-corrected chi connectivity index (χ1v) is 12.3. The molecule has 6 nitrogen and oxygen atoms in total. The van der Waals surface area contributed by atoms with Crippen molar-refractivity contribution in [1.29, 1.82) is 0 Å². The van der Waals surface area contributed by atoms with Gasteiger partial charge in [-0.3, -0.25) is 9.59 Å². The zero-order valence-electron chi connectivity index (χ0n) is 19.5. The average molecular weight is 455 g/mol. The van der Waals surface area contributed by atoms with Gasteiger partial charge in [0.2, 0.25) is 0 Å². The molecule has 33 heavy (non-hydrogen) atoms. The molecule has 4 aliphatic carbocycles. The Bertz CT molecular complexity index is 974. The number of carbonyl (C=O) groups excluding carboxylic acids is 2. The summed E-state index contributed by atoms with van der Waals surface area (Å²) < 4.78 is 6.09. The number of fused-ring (bicyclic) bond motifs is 2. The van der Waals surface area contributed by atoms with Crippen LogP contribution in [-0.2, 0) is 14.3 Å². The van der Waals surface area contributed by atoms with E-state index in [1.54, 1.807) is 24.3 Å². The second-order valence-corrected chi connectivity index (χ2v) is 11.5. The van der Waals surface area contributed by atoms with Gasteiger partial charge in [0, 0.05) is 17.8 Å². The summed E-state index contributed by atoms with van der Waals surface area (Å²) in [5.41, 5.74) is -1.37. The molecule has 0 aromatic heterocycles. The molecule has 0 heterocycles. The quantitative estimate of drug-likeness (QED) is 0.664.